The van der Waals surface area contributed by atoms with Crippen molar-refractivity contribution in [1.29, 1.82) is 0 Å². The van der Waals surface area contributed by atoms with Crippen LogP contribution in [-0.4, -0.2) is 45.8 Å². The first-order valence-corrected chi connectivity index (χ1v) is 11.2. The number of nitrogens with zero attached hydrogens (tertiary/aromatic N) is 3. The zero-order valence-corrected chi connectivity index (χ0v) is 17.8. The smallest absolute Gasteiger partial charge is 0.222 e. The topological polar surface area (TPSA) is 50.2 Å². The van der Waals surface area contributed by atoms with Crippen LogP contribution in [0.1, 0.15) is 61.4 Å². The average Bonchev–Trinajstić information content (AvgIpc) is 2.92. The standard InChI is InChI=1S/C24H34N4O/c1-18-17-19(2)28(26-18)15-8-12-23(29)27-16-13-21(20-9-4-3-5-10-20)24-22(27)11-6-7-14-25-24/h3-5,9-10,17,21-22,24-25H,6-8,11-16H2,1-2H3/t21-,22-,24-/m1/s1. The maximum absolute atomic E-state index is 13.2. The summed E-state index contributed by atoms with van der Waals surface area (Å²) in [6.45, 7) is 6.85. The Morgan fingerprint density at radius 2 is 2.00 bits per heavy atom. The number of rotatable bonds is 5. The van der Waals surface area contributed by atoms with Gasteiger partial charge in [-0.3, -0.25) is 9.48 Å². The summed E-state index contributed by atoms with van der Waals surface area (Å²) < 4.78 is 2.03. The van der Waals surface area contributed by atoms with Gasteiger partial charge in [0.1, 0.15) is 0 Å². The van der Waals surface area contributed by atoms with Crippen LogP contribution in [0.2, 0.25) is 0 Å². The zero-order chi connectivity index (χ0) is 20.2. The van der Waals surface area contributed by atoms with Crippen LogP contribution in [0, 0.1) is 13.8 Å². The number of amides is 1. The number of hydrogen-bond acceptors (Lipinski definition) is 3. The van der Waals surface area contributed by atoms with E-state index in [0.29, 0.717) is 30.3 Å². The van der Waals surface area contributed by atoms with Crippen LogP contribution < -0.4 is 5.32 Å². The fourth-order valence-corrected chi connectivity index (χ4v) is 5.26. The molecule has 0 aliphatic carbocycles. The minimum Gasteiger partial charge on any atom is -0.338 e. The molecule has 4 rings (SSSR count). The highest BCUT2D eigenvalue weighted by Crippen LogP contribution is 2.35. The van der Waals surface area contributed by atoms with Crippen LogP contribution in [0.15, 0.2) is 36.4 Å². The molecule has 0 unspecified atom stereocenters. The Hall–Kier alpha value is -2.14. The Morgan fingerprint density at radius 3 is 2.76 bits per heavy atom. The molecule has 0 spiro atoms. The Labute approximate surface area is 174 Å². The van der Waals surface area contributed by atoms with E-state index in [0.717, 1.165) is 44.6 Å². The lowest BCUT2D eigenvalue weighted by molar-refractivity contribution is -0.136. The van der Waals surface area contributed by atoms with Gasteiger partial charge >= 0.3 is 0 Å². The fraction of sp³-hybridized carbons (Fsp3) is 0.583. The maximum atomic E-state index is 13.2. The van der Waals surface area contributed by atoms with Gasteiger partial charge in [0.25, 0.3) is 0 Å². The van der Waals surface area contributed by atoms with Crippen LogP contribution in [0.3, 0.4) is 0 Å². The third-order valence-corrected chi connectivity index (χ3v) is 6.65. The number of aryl methyl sites for hydroxylation is 3. The molecule has 1 amide bonds. The summed E-state index contributed by atoms with van der Waals surface area (Å²) in [6, 6.07) is 13.6. The normalized spacial score (nSPS) is 24.8. The van der Waals surface area contributed by atoms with Gasteiger partial charge < -0.3 is 10.2 Å². The second-order valence-corrected chi connectivity index (χ2v) is 8.69. The second-order valence-electron chi connectivity index (χ2n) is 8.69. The number of benzene rings is 1. The largest absolute Gasteiger partial charge is 0.338 e. The number of carbonyl (C=O) groups excluding carboxylic acids is 1. The number of hydrogen-bond donors (Lipinski definition) is 1. The molecule has 2 aliphatic heterocycles. The van der Waals surface area contributed by atoms with Gasteiger partial charge in [0.05, 0.1) is 5.69 Å². The third-order valence-electron chi connectivity index (χ3n) is 6.65. The summed E-state index contributed by atoms with van der Waals surface area (Å²) >= 11 is 0. The van der Waals surface area contributed by atoms with Crippen LogP contribution in [0.5, 0.6) is 0 Å². The molecule has 3 atom stereocenters. The first-order chi connectivity index (χ1) is 14.1. The van der Waals surface area contributed by atoms with Crippen molar-refractivity contribution in [3.63, 3.8) is 0 Å². The molecule has 3 heterocycles. The number of likely N-dealkylation sites (tertiary alicyclic amines) is 1. The molecule has 1 aromatic carbocycles. The van der Waals surface area contributed by atoms with Gasteiger partial charge in [0, 0.05) is 43.2 Å². The van der Waals surface area contributed by atoms with Crippen molar-refractivity contribution in [2.45, 2.75) is 76.9 Å². The van der Waals surface area contributed by atoms with Gasteiger partial charge in [-0.2, -0.15) is 5.10 Å². The van der Waals surface area contributed by atoms with E-state index in [4.69, 9.17) is 0 Å². The predicted molar refractivity (Wildman–Crippen MR) is 116 cm³/mol. The molecule has 0 radical (unpaired) electrons. The molecular weight excluding hydrogens is 360 g/mol. The van der Waals surface area contributed by atoms with Crippen LogP contribution in [0.4, 0.5) is 0 Å². The van der Waals surface area contributed by atoms with E-state index >= 15 is 0 Å². The molecular formula is C24H34N4O. The van der Waals surface area contributed by atoms with E-state index in [-0.39, 0.29) is 0 Å². The lowest BCUT2D eigenvalue weighted by Crippen LogP contribution is -2.58. The predicted octanol–water partition coefficient (Wildman–Crippen LogP) is 3.81. The number of carbonyl (C=O) groups is 1. The number of piperidine rings is 1. The average molecular weight is 395 g/mol. The summed E-state index contributed by atoms with van der Waals surface area (Å²) in [5.41, 5.74) is 3.63. The molecule has 5 nitrogen and oxygen atoms in total. The number of fused-ring (bicyclic) bond motifs is 1. The van der Waals surface area contributed by atoms with Crippen molar-refractivity contribution in [2.24, 2.45) is 0 Å². The second kappa shape index (κ2) is 9.12. The van der Waals surface area contributed by atoms with E-state index in [1.807, 2.05) is 11.6 Å². The Bertz CT molecular complexity index is 816. The summed E-state index contributed by atoms with van der Waals surface area (Å²) in [7, 11) is 0. The van der Waals surface area contributed by atoms with Crippen molar-refractivity contribution in [3.8, 4) is 0 Å². The fourth-order valence-electron chi connectivity index (χ4n) is 5.26. The number of nitrogens with one attached hydrogen (secondary N) is 1. The van der Waals surface area contributed by atoms with Crippen LogP contribution >= 0.6 is 0 Å². The summed E-state index contributed by atoms with van der Waals surface area (Å²) in [5, 5.41) is 8.32. The monoisotopic (exact) mass is 394 g/mol. The molecule has 5 heteroatoms. The van der Waals surface area contributed by atoms with Gasteiger partial charge in [-0.15, -0.1) is 0 Å². The van der Waals surface area contributed by atoms with Crippen molar-refractivity contribution in [2.75, 3.05) is 13.1 Å². The van der Waals surface area contributed by atoms with Gasteiger partial charge in [-0.05, 0) is 57.7 Å². The third kappa shape index (κ3) is 4.55. The van der Waals surface area contributed by atoms with Crippen LogP contribution in [-0.2, 0) is 11.3 Å². The zero-order valence-electron chi connectivity index (χ0n) is 17.8. The SMILES string of the molecule is Cc1cc(C)n(CCCC(=O)N2CC[C@H](c3ccccc3)[C@H]3NCCCC[C@H]32)n1. The highest BCUT2D eigenvalue weighted by molar-refractivity contribution is 5.76. The van der Waals surface area contributed by atoms with Crippen molar-refractivity contribution < 1.29 is 4.79 Å². The lowest BCUT2D eigenvalue weighted by Gasteiger charge is -2.45. The van der Waals surface area contributed by atoms with Crippen molar-refractivity contribution in [3.05, 3.63) is 53.3 Å². The Morgan fingerprint density at radius 1 is 1.17 bits per heavy atom. The van der Waals surface area contributed by atoms with Gasteiger partial charge in [-0.25, -0.2) is 0 Å². The molecule has 0 saturated carbocycles. The van der Waals surface area contributed by atoms with Crippen LogP contribution in [0.25, 0.3) is 0 Å². The molecule has 2 aromatic rings. The van der Waals surface area contributed by atoms with E-state index in [2.05, 4.69) is 58.6 Å². The first kappa shape index (κ1) is 20.1. The van der Waals surface area contributed by atoms with E-state index in [9.17, 15) is 4.79 Å². The van der Waals surface area contributed by atoms with Gasteiger partial charge in [0.2, 0.25) is 5.91 Å². The molecule has 156 valence electrons. The minimum absolute atomic E-state index is 0.316. The first-order valence-electron chi connectivity index (χ1n) is 11.2. The maximum Gasteiger partial charge on any atom is 0.222 e. The molecule has 2 saturated heterocycles. The van der Waals surface area contributed by atoms with E-state index in [1.54, 1.807) is 0 Å². The summed E-state index contributed by atoms with van der Waals surface area (Å²) in [5.74, 6) is 0.815. The Balaban J connectivity index is 1.42. The highest BCUT2D eigenvalue weighted by Gasteiger charge is 2.40. The van der Waals surface area contributed by atoms with Gasteiger partial charge in [-0.1, -0.05) is 36.8 Å². The summed E-state index contributed by atoms with van der Waals surface area (Å²) in [4.78, 5) is 15.4. The van der Waals surface area contributed by atoms with Gasteiger partial charge in [0.15, 0.2) is 0 Å². The molecule has 29 heavy (non-hydrogen) atoms. The Kier molecular flexibility index (Phi) is 6.34. The van der Waals surface area contributed by atoms with Crippen molar-refractivity contribution >= 4 is 5.91 Å². The van der Waals surface area contributed by atoms with Crippen molar-refractivity contribution in [1.82, 2.24) is 20.0 Å². The van der Waals surface area contributed by atoms with E-state index < -0.39 is 0 Å². The summed E-state index contributed by atoms with van der Waals surface area (Å²) in [6.07, 6.45) is 6.02. The highest BCUT2D eigenvalue weighted by atomic mass is 16.2. The van der Waals surface area contributed by atoms with E-state index in [1.165, 1.54) is 24.1 Å². The molecule has 1 N–H and O–H groups in total. The minimum atomic E-state index is 0.316. The number of aromatic nitrogens is 2. The lowest BCUT2D eigenvalue weighted by atomic mass is 9.79. The molecule has 1 aromatic heterocycles. The quantitative estimate of drug-likeness (QED) is 0.839. The molecule has 2 aliphatic rings. The molecule has 2 fully saturated rings. The molecule has 0 bridgehead atoms.